The van der Waals surface area contributed by atoms with Crippen molar-refractivity contribution in [3.63, 3.8) is 0 Å². The van der Waals surface area contributed by atoms with Crippen LogP contribution in [0.15, 0.2) is 34.6 Å². The van der Waals surface area contributed by atoms with E-state index in [0.717, 1.165) is 0 Å². The smallest absolute Gasteiger partial charge is 0.249 e. The molecular formula is C15H19ClN4O5S2. The molecule has 0 amide bonds. The number of halogens is 1. The van der Waals surface area contributed by atoms with Crippen LogP contribution in [0, 0.1) is 0 Å². The summed E-state index contributed by atoms with van der Waals surface area (Å²) in [5, 5.41) is 6.66. The lowest BCUT2D eigenvalue weighted by Crippen LogP contribution is -2.42. The maximum absolute atomic E-state index is 12.8. The number of hydrogen-bond donors (Lipinski definition) is 0. The molecule has 0 bridgehead atoms. The van der Waals surface area contributed by atoms with Crippen LogP contribution >= 0.6 is 11.6 Å². The number of aryl methyl sites for hydroxylation is 1. The van der Waals surface area contributed by atoms with Crippen molar-refractivity contribution < 1.29 is 21.6 Å². The summed E-state index contributed by atoms with van der Waals surface area (Å²) >= 11 is 6.03. The van der Waals surface area contributed by atoms with Gasteiger partial charge in [-0.25, -0.2) is 16.8 Å². The van der Waals surface area contributed by atoms with Crippen molar-refractivity contribution in [2.24, 2.45) is 7.05 Å². The molecule has 1 aromatic carbocycles. The number of aromatic nitrogens is 3. The number of rotatable bonds is 5. The minimum Gasteiger partial charge on any atom is -0.495 e. The van der Waals surface area contributed by atoms with Crippen LogP contribution in [0.5, 0.6) is 5.75 Å². The number of piperidine rings is 1. The molecule has 0 unspecified atom stereocenters. The number of benzene rings is 1. The van der Waals surface area contributed by atoms with Crippen LogP contribution in [0.4, 0.5) is 0 Å². The Morgan fingerprint density at radius 1 is 1.19 bits per heavy atom. The highest BCUT2D eigenvalue weighted by molar-refractivity contribution is 7.92. The Morgan fingerprint density at radius 3 is 2.37 bits per heavy atom. The first kappa shape index (κ1) is 20.1. The number of methoxy groups -OCH3 is 1. The fourth-order valence-corrected chi connectivity index (χ4v) is 6.58. The van der Waals surface area contributed by atoms with Crippen molar-refractivity contribution in [2.45, 2.75) is 28.1 Å². The third-order valence-corrected chi connectivity index (χ3v) is 8.94. The molecule has 1 aliphatic heterocycles. The summed E-state index contributed by atoms with van der Waals surface area (Å²) < 4.78 is 58.7. The monoisotopic (exact) mass is 434 g/mol. The SMILES string of the molecule is COc1ccc(S(=O)(=O)N2CCC(S(=O)(=O)c3nncn3C)CC2)cc1Cl. The van der Waals surface area contributed by atoms with Crippen molar-refractivity contribution in [1.29, 1.82) is 0 Å². The van der Waals surface area contributed by atoms with Gasteiger partial charge in [0.1, 0.15) is 12.1 Å². The number of sulfone groups is 1. The van der Waals surface area contributed by atoms with Gasteiger partial charge in [-0.3, -0.25) is 0 Å². The largest absolute Gasteiger partial charge is 0.495 e. The molecule has 0 spiro atoms. The van der Waals surface area contributed by atoms with Gasteiger partial charge in [-0.15, -0.1) is 10.2 Å². The van der Waals surface area contributed by atoms with Gasteiger partial charge in [0.05, 0.1) is 22.3 Å². The van der Waals surface area contributed by atoms with Crippen molar-refractivity contribution in [1.82, 2.24) is 19.1 Å². The average molecular weight is 435 g/mol. The Morgan fingerprint density at radius 2 is 1.85 bits per heavy atom. The van der Waals surface area contributed by atoms with Gasteiger partial charge in [-0.2, -0.15) is 4.31 Å². The van der Waals surface area contributed by atoms with Crippen molar-refractivity contribution in [3.8, 4) is 5.75 Å². The van der Waals surface area contributed by atoms with Gasteiger partial charge in [-0.1, -0.05) is 11.6 Å². The fraction of sp³-hybridized carbons (Fsp3) is 0.467. The molecule has 0 atom stereocenters. The van der Waals surface area contributed by atoms with E-state index in [1.54, 1.807) is 7.05 Å². The minimum atomic E-state index is -3.78. The van der Waals surface area contributed by atoms with E-state index in [2.05, 4.69) is 10.2 Å². The van der Waals surface area contributed by atoms with E-state index in [9.17, 15) is 16.8 Å². The Kier molecular flexibility index (Phi) is 5.48. The Hall–Kier alpha value is -1.69. The van der Waals surface area contributed by atoms with Crippen LogP contribution in [-0.2, 0) is 26.9 Å². The molecule has 1 fully saturated rings. The highest BCUT2D eigenvalue weighted by Crippen LogP contribution is 2.30. The van der Waals surface area contributed by atoms with Crippen LogP contribution in [0.2, 0.25) is 5.02 Å². The molecule has 0 radical (unpaired) electrons. The summed E-state index contributed by atoms with van der Waals surface area (Å²) in [7, 11) is -4.45. The van der Waals surface area contributed by atoms with Gasteiger partial charge in [0.2, 0.25) is 25.0 Å². The molecule has 1 aliphatic rings. The number of ether oxygens (including phenoxy) is 1. The quantitative estimate of drug-likeness (QED) is 0.692. The molecule has 148 valence electrons. The zero-order valence-electron chi connectivity index (χ0n) is 14.7. The van der Waals surface area contributed by atoms with Gasteiger partial charge in [0.15, 0.2) is 0 Å². The lowest BCUT2D eigenvalue weighted by atomic mass is 10.2. The molecule has 1 aromatic heterocycles. The van der Waals surface area contributed by atoms with Crippen molar-refractivity contribution in [2.75, 3.05) is 20.2 Å². The molecule has 9 nitrogen and oxygen atoms in total. The zero-order chi connectivity index (χ0) is 19.8. The van der Waals surface area contributed by atoms with E-state index < -0.39 is 25.1 Å². The summed E-state index contributed by atoms with van der Waals surface area (Å²) in [5.74, 6) is 0.379. The van der Waals surface area contributed by atoms with Crippen molar-refractivity contribution in [3.05, 3.63) is 29.5 Å². The molecular weight excluding hydrogens is 416 g/mol. The lowest BCUT2D eigenvalue weighted by Gasteiger charge is -2.30. The first-order valence-corrected chi connectivity index (χ1v) is 11.5. The fourth-order valence-electron chi connectivity index (χ4n) is 3.02. The van der Waals surface area contributed by atoms with E-state index >= 15 is 0 Å². The van der Waals surface area contributed by atoms with Crippen LogP contribution in [0.1, 0.15) is 12.8 Å². The third kappa shape index (κ3) is 3.68. The van der Waals surface area contributed by atoms with E-state index in [4.69, 9.17) is 16.3 Å². The summed E-state index contributed by atoms with van der Waals surface area (Å²) in [5.41, 5.74) is 0. The summed E-state index contributed by atoms with van der Waals surface area (Å²) in [6, 6.07) is 4.24. The Labute approximate surface area is 162 Å². The molecule has 1 saturated heterocycles. The number of nitrogens with zero attached hydrogens (tertiary/aromatic N) is 4. The Bertz CT molecular complexity index is 1040. The highest BCUT2D eigenvalue weighted by atomic mass is 35.5. The van der Waals surface area contributed by atoms with E-state index in [1.165, 1.54) is 40.5 Å². The van der Waals surface area contributed by atoms with Gasteiger partial charge < -0.3 is 9.30 Å². The van der Waals surface area contributed by atoms with E-state index in [0.29, 0.717) is 5.75 Å². The summed E-state index contributed by atoms with van der Waals surface area (Å²) in [6.07, 6.45) is 1.68. The van der Waals surface area contributed by atoms with Crippen LogP contribution in [0.3, 0.4) is 0 Å². The van der Waals surface area contributed by atoms with E-state index in [1.807, 2.05) is 0 Å². The maximum atomic E-state index is 12.8. The average Bonchev–Trinajstić information content (AvgIpc) is 3.08. The predicted octanol–water partition coefficient (Wildman–Crippen LogP) is 1.10. The van der Waals surface area contributed by atoms with Gasteiger partial charge in [0.25, 0.3) is 0 Å². The van der Waals surface area contributed by atoms with Crippen LogP contribution in [-0.4, -0.2) is 61.4 Å². The minimum absolute atomic E-state index is 0.0444. The predicted molar refractivity (Wildman–Crippen MR) is 98.0 cm³/mol. The maximum Gasteiger partial charge on any atom is 0.249 e. The second-order valence-corrected chi connectivity index (χ2v) is 10.6. The second kappa shape index (κ2) is 7.38. The second-order valence-electron chi connectivity index (χ2n) is 6.17. The van der Waals surface area contributed by atoms with Crippen molar-refractivity contribution >= 4 is 31.5 Å². The highest BCUT2D eigenvalue weighted by Gasteiger charge is 2.37. The molecule has 3 rings (SSSR count). The van der Waals surface area contributed by atoms with Gasteiger partial charge in [-0.05, 0) is 31.0 Å². The molecule has 0 N–H and O–H groups in total. The number of sulfonamides is 1. The molecule has 2 aromatic rings. The summed E-state index contributed by atoms with van der Waals surface area (Å²) in [4.78, 5) is 0.0444. The first-order chi connectivity index (χ1) is 12.7. The number of hydrogen-bond acceptors (Lipinski definition) is 7. The molecule has 2 heterocycles. The zero-order valence-corrected chi connectivity index (χ0v) is 17.1. The topological polar surface area (TPSA) is 111 Å². The third-order valence-electron chi connectivity index (χ3n) is 4.53. The lowest BCUT2D eigenvalue weighted by molar-refractivity contribution is 0.344. The van der Waals surface area contributed by atoms with E-state index in [-0.39, 0.29) is 41.0 Å². The van der Waals surface area contributed by atoms with Gasteiger partial charge in [0, 0.05) is 20.1 Å². The molecule has 12 heteroatoms. The standard InChI is InChI=1S/C15H19ClN4O5S2/c1-19-10-17-18-15(19)26(21,22)11-5-7-20(8-6-11)27(23,24)12-3-4-14(25-2)13(16)9-12/h3-4,9-11H,5-8H2,1-2H3. The van der Waals surface area contributed by atoms with Gasteiger partial charge >= 0.3 is 0 Å². The molecule has 0 saturated carbocycles. The van der Waals surface area contributed by atoms with Crippen LogP contribution < -0.4 is 4.74 Å². The van der Waals surface area contributed by atoms with Crippen LogP contribution in [0.25, 0.3) is 0 Å². The normalized spacial score (nSPS) is 17.1. The molecule has 27 heavy (non-hydrogen) atoms. The first-order valence-electron chi connectivity index (χ1n) is 8.09. The Balaban J connectivity index is 1.77. The molecule has 0 aliphatic carbocycles. The summed E-state index contributed by atoms with van der Waals surface area (Å²) in [6.45, 7) is 0.182.